The summed E-state index contributed by atoms with van der Waals surface area (Å²) in [4.78, 5) is 22.1. The number of carbonyl (C=O) groups is 2. The van der Waals surface area contributed by atoms with E-state index in [1.807, 2.05) is 6.92 Å². The Kier molecular flexibility index (Phi) is 14.5. The van der Waals surface area contributed by atoms with Crippen LogP contribution < -0.4 is 10.1 Å². The molecule has 1 aromatic carbocycles. The topological polar surface area (TPSA) is 75.6 Å². The second-order valence-electron chi connectivity index (χ2n) is 7.62. The molecule has 0 aliphatic rings. The number of benzene rings is 1. The molecule has 0 aliphatic carbocycles. The number of unbranched alkanes of at least 4 members (excludes halogenated alkanes) is 11. The van der Waals surface area contributed by atoms with Gasteiger partial charge < -0.3 is 15.2 Å². The number of carbonyl (C=O) groups excluding carboxylic acids is 1. The van der Waals surface area contributed by atoms with Crippen molar-refractivity contribution in [2.45, 2.75) is 90.4 Å². The summed E-state index contributed by atoms with van der Waals surface area (Å²) >= 11 is 0. The molecule has 0 radical (unpaired) electrons. The summed E-state index contributed by atoms with van der Waals surface area (Å²) < 4.78 is 5.65. The maximum atomic E-state index is 11.3. The molecule has 0 aromatic heterocycles. The molecule has 2 N–H and O–H groups in total. The van der Waals surface area contributed by atoms with Crippen molar-refractivity contribution in [3.8, 4) is 5.75 Å². The van der Waals surface area contributed by atoms with Crippen molar-refractivity contribution in [2.24, 2.45) is 0 Å². The maximum Gasteiger partial charge on any atom is 0.335 e. The van der Waals surface area contributed by atoms with E-state index in [0.717, 1.165) is 25.1 Å². The van der Waals surface area contributed by atoms with E-state index in [4.69, 9.17) is 9.84 Å². The minimum Gasteiger partial charge on any atom is -0.494 e. The van der Waals surface area contributed by atoms with Crippen LogP contribution in [0.3, 0.4) is 0 Å². The van der Waals surface area contributed by atoms with Crippen LogP contribution >= 0.6 is 0 Å². The fourth-order valence-electron chi connectivity index (χ4n) is 3.32. The number of nitrogens with one attached hydrogen (secondary N) is 1. The molecule has 0 bridgehead atoms. The minimum absolute atomic E-state index is 0.188. The second-order valence-corrected chi connectivity index (χ2v) is 7.62. The van der Waals surface area contributed by atoms with E-state index in [2.05, 4.69) is 5.32 Å². The molecule has 1 aromatic rings. The Morgan fingerprint density at radius 1 is 0.793 bits per heavy atom. The molecule has 0 saturated carbocycles. The van der Waals surface area contributed by atoms with Gasteiger partial charge in [0.15, 0.2) is 0 Å². The number of ether oxygens (including phenoxy) is 1. The van der Waals surface area contributed by atoms with E-state index in [-0.39, 0.29) is 11.5 Å². The highest BCUT2D eigenvalue weighted by Crippen LogP contribution is 2.14. The van der Waals surface area contributed by atoms with Gasteiger partial charge >= 0.3 is 5.97 Å². The van der Waals surface area contributed by atoms with Crippen molar-refractivity contribution in [1.82, 2.24) is 5.32 Å². The molecule has 0 unspecified atom stereocenters. The fraction of sp³-hybridized carbons (Fsp3) is 0.667. The van der Waals surface area contributed by atoms with Gasteiger partial charge in [0, 0.05) is 13.0 Å². The molecule has 0 spiro atoms. The lowest BCUT2D eigenvalue weighted by atomic mass is 10.0. The van der Waals surface area contributed by atoms with E-state index in [1.165, 1.54) is 64.2 Å². The monoisotopic (exact) mass is 405 g/mol. The molecular weight excluding hydrogens is 366 g/mol. The second kappa shape index (κ2) is 16.9. The normalized spacial score (nSPS) is 10.7. The Bertz CT molecular complexity index is 557. The number of rotatable bonds is 18. The molecule has 0 fully saturated rings. The van der Waals surface area contributed by atoms with Gasteiger partial charge in [-0.05, 0) is 44.0 Å². The molecule has 1 rings (SSSR count). The smallest absolute Gasteiger partial charge is 0.335 e. The third-order valence-corrected chi connectivity index (χ3v) is 5.04. The van der Waals surface area contributed by atoms with Gasteiger partial charge in [-0.3, -0.25) is 4.79 Å². The highest BCUT2D eigenvalue weighted by Gasteiger charge is 2.02. The number of hydrogen-bond donors (Lipinski definition) is 2. The van der Waals surface area contributed by atoms with E-state index in [1.54, 1.807) is 24.3 Å². The highest BCUT2D eigenvalue weighted by atomic mass is 16.5. The van der Waals surface area contributed by atoms with Crippen molar-refractivity contribution in [2.75, 3.05) is 13.2 Å². The first-order valence-corrected chi connectivity index (χ1v) is 11.4. The van der Waals surface area contributed by atoms with E-state index < -0.39 is 5.97 Å². The van der Waals surface area contributed by atoms with Crippen molar-refractivity contribution in [3.63, 3.8) is 0 Å². The molecule has 0 saturated heterocycles. The van der Waals surface area contributed by atoms with E-state index in [9.17, 15) is 9.59 Å². The predicted molar refractivity (Wildman–Crippen MR) is 118 cm³/mol. The number of amides is 1. The van der Waals surface area contributed by atoms with Gasteiger partial charge in [-0.25, -0.2) is 4.79 Å². The maximum absolute atomic E-state index is 11.3. The average molecular weight is 406 g/mol. The van der Waals surface area contributed by atoms with Gasteiger partial charge in [0.05, 0.1) is 12.2 Å². The van der Waals surface area contributed by atoms with Crippen LogP contribution in [-0.4, -0.2) is 30.1 Å². The third kappa shape index (κ3) is 13.7. The molecule has 0 aliphatic heterocycles. The highest BCUT2D eigenvalue weighted by molar-refractivity contribution is 5.87. The summed E-state index contributed by atoms with van der Waals surface area (Å²) in [6.45, 7) is 3.38. The standard InChI is InChI=1S/C24H39NO4/c1-2-25-23(26)15-13-11-9-7-5-3-4-6-8-10-12-14-20-29-22-18-16-21(17-19-22)24(27)28/h16-19H,2-15,20H2,1H3,(H,25,26)(H,27,28). The van der Waals surface area contributed by atoms with Crippen LogP contribution in [0.1, 0.15) is 101 Å². The molecular formula is C24H39NO4. The van der Waals surface area contributed by atoms with Gasteiger partial charge in [-0.15, -0.1) is 0 Å². The number of carboxylic acids is 1. The summed E-state index contributed by atoms with van der Waals surface area (Å²) in [6, 6.07) is 6.58. The van der Waals surface area contributed by atoms with Crippen molar-refractivity contribution in [3.05, 3.63) is 29.8 Å². The zero-order valence-electron chi connectivity index (χ0n) is 18.1. The van der Waals surface area contributed by atoms with E-state index >= 15 is 0 Å². The van der Waals surface area contributed by atoms with Gasteiger partial charge in [0.2, 0.25) is 5.91 Å². The van der Waals surface area contributed by atoms with Crippen LogP contribution in [-0.2, 0) is 4.79 Å². The first kappa shape index (κ1) is 25.0. The summed E-state index contributed by atoms with van der Waals surface area (Å²) in [5.41, 5.74) is 0.286. The van der Waals surface area contributed by atoms with Gasteiger partial charge in [-0.2, -0.15) is 0 Å². The molecule has 29 heavy (non-hydrogen) atoms. The Morgan fingerprint density at radius 2 is 1.28 bits per heavy atom. The summed E-state index contributed by atoms with van der Waals surface area (Å²) in [6.07, 6.45) is 15.4. The minimum atomic E-state index is -0.912. The largest absolute Gasteiger partial charge is 0.494 e. The predicted octanol–water partition coefficient (Wildman–Crippen LogP) is 5.97. The fourth-order valence-corrected chi connectivity index (χ4v) is 3.32. The first-order valence-electron chi connectivity index (χ1n) is 11.4. The lowest BCUT2D eigenvalue weighted by Gasteiger charge is -2.06. The van der Waals surface area contributed by atoms with Crippen LogP contribution in [0.2, 0.25) is 0 Å². The SMILES string of the molecule is CCNC(=O)CCCCCCCCCCCCCCOc1ccc(C(=O)O)cc1. The third-order valence-electron chi connectivity index (χ3n) is 5.04. The summed E-state index contributed by atoms with van der Waals surface area (Å²) in [7, 11) is 0. The van der Waals surface area contributed by atoms with E-state index in [0.29, 0.717) is 13.0 Å². The Hall–Kier alpha value is -2.04. The Balaban J connectivity index is 1.81. The van der Waals surface area contributed by atoms with Gasteiger partial charge in [0.1, 0.15) is 5.75 Å². The zero-order valence-corrected chi connectivity index (χ0v) is 18.1. The zero-order chi connectivity index (χ0) is 21.2. The van der Waals surface area contributed by atoms with Crippen LogP contribution in [0.5, 0.6) is 5.75 Å². The van der Waals surface area contributed by atoms with Crippen molar-refractivity contribution in [1.29, 1.82) is 0 Å². The summed E-state index contributed by atoms with van der Waals surface area (Å²) in [5, 5.41) is 11.7. The molecule has 1 amide bonds. The summed E-state index contributed by atoms with van der Waals surface area (Å²) in [5.74, 6) is 0.0116. The lowest BCUT2D eigenvalue weighted by molar-refractivity contribution is -0.121. The molecule has 0 atom stereocenters. The number of carboxylic acid groups (broad SMARTS) is 1. The van der Waals surface area contributed by atoms with Gasteiger partial charge in [-0.1, -0.05) is 64.2 Å². The first-order chi connectivity index (χ1) is 14.1. The lowest BCUT2D eigenvalue weighted by Crippen LogP contribution is -2.21. The Labute approximate surface area is 176 Å². The Morgan fingerprint density at radius 3 is 1.76 bits per heavy atom. The van der Waals surface area contributed by atoms with Crippen molar-refractivity contribution >= 4 is 11.9 Å². The molecule has 0 heterocycles. The van der Waals surface area contributed by atoms with Crippen LogP contribution in [0, 0.1) is 0 Å². The average Bonchev–Trinajstić information content (AvgIpc) is 2.71. The number of aromatic carboxylic acids is 1. The van der Waals surface area contributed by atoms with Crippen LogP contribution in [0.15, 0.2) is 24.3 Å². The number of hydrogen-bond acceptors (Lipinski definition) is 3. The molecule has 5 nitrogen and oxygen atoms in total. The van der Waals surface area contributed by atoms with Crippen LogP contribution in [0.25, 0.3) is 0 Å². The van der Waals surface area contributed by atoms with Crippen molar-refractivity contribution < 1.29 is 19.4 Å². The molecule has 5 heteroatoms. The molecule has 164 valence electrons. The quantitative estimate of drug-likeness (QED) is 0.295. The van der Waals surface area contributed by atoms with Gasteiger partial charge in [0.25, 0.3) is 0 Å². The van der Waals surface area contributed by atoms with Crippen LogP contribution in [0.4, 0.5) is 0 Å².